The van der Waals surface area contributed by atoms with Crippen molar-refractivity contribution >= 4 is 5.69 Å². The number of nitriles is 1. The minimum absolute atomic E-state index is 0.258. The maximum absolute atomic E-state index is 8.50. The Kier molecular flexibility index (Phi) is 9.76. The smallest absolute Gasteiger partial charge is 0.204 e. The van der Waals surface area contributed by atoms with Gasteiger partial charge in [-0.2, -0.15) is 5.26 Å². The lowest BCUT2D eigenvalue weighted by atomic mass is 10.2. The molecule has 1 rings (SSSR count). The maximum atomic E-state index is 8.50. The van der Waals surface area contributed by atoms with Gasteiger partial charge in [0.25, 0.3) is 0 Å². The summed E-state index contributed by atoms with van der Waals surface area (Å²) in [5.74, 6) is 0. The highest BCUT2D eigenvalue weighted by atomic mass is 14.6. The Hall–Kier alpha value is -1.80. The quantitative estimate of drug-likeness (QED) is 0.563. The predicted molar refractivity (Wildman–Crippen MR) is 60.1 cm³/mol. The zero-order chi connectivity index (χ0) is 12.3. The molecular formula is C12H16N2. The van der Waals surface area contributed by atoms with Gasteiger partial charge in [-0.25, -0.2) is 4.85 Å². The van der Waals surface area contributed by atoms with Crippen LogP contribution in [0.3, 0.4) is 0 Å². The number of rotatable bonds is 0. The van der Waals surface area contributed by atoms with Crippen molar-refractivity contribution in [3.8, 4) is 6.07 Å². The fourth-order valence-corrected chi connectivity index (χ4v) is 0.609. The molecule has 0 unspecified atom stereocenters. The second-order valence-corrected chi connectivity index (χ2v) is 1.67. The van der Waals surface area contributed by atoms with Crippen LogP contribution in [0.5, 0.6) is 0 Å². The minimum atomic E-state index is 0.258. The SMILES string of the molecule is CC.CC.[2H]c1ccc([N+]#[C-])c(C#N)c1. The molecular weight excluding hydrogens is 172 g/mol. The van der Waals surface area contributed by atoms with E-state index in [1.807, 2.05) is 33.8 Å². The molecule has 2 heteroatoms. The highest BCUT2D eigenvalue weighted by molar-refractivity contribution is 5.57. The lowest BCUT2D eigenvalue weighted by Crippen LogP contribution is -1.70. The van der Waals surface area contributed by atoms with Crippen molar-refractivity contribution < 1.29 is 1.37 Å². The van der Waals surface area contributed by atoms with Crippen molar-refractivity contribution in [2.45, 2.75) is 27.7 Å². The van der Waals surface area contributed by atoms with Gasteiger partial charge in [0.2, 0.25) is 5.69 Å². The largest absolute Gasteiger partial charge is 0.237 e. The van der Waals surface area contributed by atoms with E-state index in [1.165, 1.54) is 18.2 Å². The average Bonchev–Trinajstić information content (AvgIpc) is 2.34. The van der Waals surface area contributed by atoms with Gasteiger partial charge in [0.05, 0.1) is 19.6 Å². The standard InChI is InChI=1S/C8H4N2.2C2H6/c1-10-8-5-3-2-4-7(8)6-9;2*1-2/h2-5H;2*1-2H3/i2D;;. The molecule has 0 fully saturated rings. The van der Waals surface area contributed by atoms with Crippen molar-refractivity contribution in [2.24, 2.45) is 0 Å². The molecule has 0 saturated heterocycles. The first-order valence-corrected chi connectivity index (χ1v) is 4.66. The zero-order valence-electron chi connectivity index (χ0n) is 10.1. The second kappa shape index (κ2) is 11.2. The van der Waals surface area contributed by atoms with Crippen LogP contribution in [0.1, 0.15) is 34.6 Å². The van der Waals surface area contributed by atoms with E-state index in [0.717, 1.165) is 0 Å². The lowest BCUT2D eigenvalue weighted by molar-refractivity contribution is 1.49. The van der Waals surface area contributed by atoms with Crippen molar-refractivity contribution in [1.29, 1.82) is 5.26 Å². The van der Waals surface area contributed by atoms with Crippen molar-refractivity contribution in [3.05, 3.63) is 41.2 Å². The van der Waals surface area contributed by atoms with Crippen LogP contribution in [-0.2, 0) is 0 Å². The summed E-state index contributed by atoms with van der Waals surface area (Å²) in [6, 6.07) is 6.47. The number of para-hydroxylation sites is 1. The Morgan fingerprint density at radius 3 is 2.36 bits per heavy atom. The molecule has 0 radical (unpaired) electrons. The zero-order valence-corrected chi connectivity index (χ0v) is 9.13. The molecule has 0 bridgehead atoms. The van der Waals surface area contributed by atoms with Crippen LogP contribution in [0, 0.1) is 17.9 Å². The van der Waals surface area contributed by atoms with E-state index in [-0.39, 0.29) is 11.6 Å². The summed E-state index contributed by atoms with van der Waals surface area (Å²) in [4.78, 5) is 3.13. The summed E-state index contributed by atoms with van der Waals surface area (Å²) in [6.07, 6.45) is 0. The van der Waals surface area contributed by atoms with Crippen LogP contribution in [-0.4, -0.2) is 0 Å². The van der Waals surface area contributed by atoms with Gasteiger partial charge in [-0.05, 0) is 0 Å². The molecule has 1 aromatic carbocycles. The van der Waals surface area contributed by atoms with E-state index in [2.05, 4.69) is 4.85 Å². The molecule has 0 heterocycles. The third-order valence-electron chi connectivity index (χ3n) is 1.08. The van der Waals surface area contributed by atoms with E-state index in [9.17, 15) is 0 Å². The third-order valence-corrected chi connectivity index (χ3v) is 1.08. The third kappa shape index (κ3) is 4.95. The molecule has 1 aromatic rings. The first-order valence-electron chi connectivity index (χ1n) is 5.16. The molecule has 0 spiro atoms. The topological polar surface area (TPSA) is 28.1 Å². The van der Waals surface area contributed by atoms with Crippen LogP contribution >= 0.6 is 0 Å². The lowest BCUT2D eigenvalue weighted by Gasteiger charge is -1.88. The molecule has 2 nitrogen and oxygen atoms in total. The molecule has 0 aliphatic heterocycles. The van der Waals surface area contributed by atoms with E-state index >= 15 is 0 Å². The summed E-state index contributed by atoms with van der Waals surface area (Å²) < 4.78 is 7.16. The summed E-state index contributed by atoms with van der Waals surface area (Å²) in [7, 11) is 0. The Morgan fingerprint density at radius 2 is 1.93 bits per heavy atom. The Bertz CT molecular complexity index is 359. The first kappa shape index (κ1) is 12.2. The predicted octanol–water partition coefficient (Wildman–Crippen LogP) is 4.16. The van der Waals surface area contributed by atoms with Gasteiger partial charge in [-0.1, -0.05) is 51.9 Å². The maximum Gasteiger partial charge on any atom is 0.204 e. The van der Waals surface area contributed by atoms with Gasteiger partial charge in [-0.3, -0.25) is 0 Å². The van der Waals surface area contributed by atoms with Gasteiger partial charge < -0.3 is 0 Å². The van der Waals surface area contributed by atoms with Crippen LogP contribution in [0.4, 0.5) is 5.69 Å². The molecule has 0 atom stereocenters. The highest BCUT2D eigenvalue weighted by Crippen LogP contribution is 2.16. The Labute approximate surface area is 88.0 Å². The van der Waals surface area contributed by atoms with Gasteiger partial charge in [0, 0.05) is 0 Å². The minimum Gasteiger partial charge on any atom is -0.237 e. The van der Waals surface area contributed by atoms with E-state index in [0.29, 0.717) is 5.69 Å². The summed E-state index contributed by atoms with van der Waals surface area (Å²) in [5.41, 5.74) is 0.580. The van der Waals surface area contributed by atoms with Crippen LogP contribution in [0.15, 0.2) is 24.2 Å². The van der Waals surface area contributed by atoms with Crippen molar-refractivity contribution in [3.63, 3.8) is 0 Å². The number of hydrogen-bond donors (Lipinski definition) is 0. The normalized spacial score (nSPS) is 7.43. The molecule has 0 N–H and O–H groups in total. The number of nitrogens with zero attached hydrogens (tertiary/aromatic N) is 2. The second-order valence-electron chi connectivity index (χ2n) is 1.67. The molecule has 0 aliphatic carbocycles. The molecule has 14 heavy (non-hydrogen) atoms. The summed E-state index contributed by atoms with van der Waals surface area (Å²) in [5, 5.41) is 8.50. The summed E-state index contributed by atoms with van der Waals surface area (Å²) in [6.45, 7) is 14.7. The monoisotopic (exact) mass is 189 g/mol. The number of hydrogen-bond acceptors (Lipinski definition) is 1. The van der Waals surface area contributed by atoms with E-state index in [1.54, 1.807) is 0 Å². The van der Waals surface area contributed by atoms with Crippen LogP contribution < -0.4 is 0 Å². The molecule has 0 saturated carbocycles. The molecule has 0 aromatic heterocycles. The van der Waals surface area contributed by atoms with Gasteiger partial charge in [-0.15, -0.1) is 0 Å². The Morgan fingerprint density at radius 1 is 1.36 bits per heavy atom. The highest BCUT2D eigenvalue weighted by Gasteiger charge is 1.95. The Balaban J connectivity index is 0. The van der Waals surface area contributed by atoms with Gasteiger partial charge in [0.15, 0.2) is 0 Å². The van der Waals surface area contributed by atoms with Crippen LogP contribution in [0.2, 0.25) is 0 Å². The molecule has 0 aliphatic rings. The fourth-order valence-electron chi connectivity index (χ4n) is 0.609. The summed E-state index contributed by atoms with van der Waals surface area (Å²) >= 11 is 0. The van der Waals surface area contributed by atoms with E-state index < -0.39 is 0 Å². The van der Waals surface area contributed by atoms with Crippen molar-refractivity contribution in [1.82, 2.24) is 0 Å². The van der Waals surface area contributed by atoms with Gasteiger partial charge in [0.1, 0.15) is 0 Å². The molecule has 74 valence electrons. The number of benzene rings is 1. The first-order chi connectivity index (χ1) is 7.27. The molecule has 0 amide bonds. The average molecular weight is 189 g/mol. The van der Waals surface area contributed by atoms with Crippen LogP contribution in [0.25, 0.3) is 4.85 Å². The van der Waals surface area contributed by atoms with Crippen molar-refractivity contribution in [2.75, 3.05) is 0 Å². The van der Waals surface area contributed by atoms with Gasteiger partial charge >= 0.3 is 0 Å². The van der Waals surface area contributed by atoms with E-state index in [4.69, 9.17) is 13.2 Å². The fraction of sp³-hybridized carbons (Fsp3) is 0.333.